The second-order valence-corrected chi connectivity index (χ2v) is 8.13. The van der Waals surface area contributed by atoms with Gasteiger partial charge in [-0.15, -0.1) is 0 Å². The van der Waals surface area contributed by atoms with E-state index in [2.05, 4.69) is 11.1 Å². The van der Waals surface area contributed by atoms with Crippen molar-refractivity contribution in [3.05, 3.63) is 47.3 Å². The molecule has 0 aliphatic heterocycles. The quantitative estimate of drug-likeness (QED) is 0.844. The fourth-order valence-corrected chi connectivity index (χ4v) is 4.30. The first kappa shape index (κ1) is 15.8. The summed E-state index contributed by atoms with van der Waals surface area (Å²) in [5.41, 5.74) is 1.87. The Hall–Kier alpha value is -2.13. The van der Waals surface area contributed by atoms with Crippen LogP contribution in [0.4, 0.5) is 0 Å². The van der Waals surface area contributed by atoms with Crippen LogP contribution in [0.5, 0.6) is 0 Å². The van der Waals surface area contributed by atoms with Crippen LogP contribution in [0.2, 0.25) is 0 Å². The SMILES string of the molecule is CC(C)c1cnc(S(=O)(=O)Cc2ccccc2C#N)n1C1CC1. The van der Waals surface area contributed by atoms with E-state index < -0.39 is 9.84 Å². The largest absolute Gasteiger partial charge is 0.316 e. The van der Waals surface area contributed by atoms with Crippen LogP contribution in [0.3, 0.4) is 0 Å². The Labute approximate surface area is 136 Å². The van der Waals surface area contributed by atoms with Gasteiger partial charge in [0.15, 0.2) is 0 Å². The highest BCUT2D eigenvalue weighted by Crippen LogP contribution is 2.40. The maximum Gasteiger partial charge on any atom is 0.228 e. The number of benzene rings is 1. The van der Waals surface area contributed by atoms with E-state index in [4.69, 9.17) is 5.26 Å². The van der Waals surface area contributed by atoms with E-state index in [0.717, 1.165) is 18.5 Å². The molecule has 1 fully saturated rings. The first-order valence-electron chi connectivity index (χ1n) is 7.72. The molecule has 23 heavy (non-hydrogen) atoms. The molecule has 5 nitrogen and oxygen atoms in total. The molecule has 1 aliphatic rings. The Bertz CT molecular complexity index is 871. The molecular weight excluding hydrogens is 310 g/mol. The summed E-state index contributed by atoms with van der Waals surface area (Å²) in [6.45, 7) is 4.08. The van der Waals surface area contributed by atoms with Crippen molar-refractivity contribution in [3.8, 4) is 6.07 Å². The Kier molecular flexibility index (Phi) is 3.99. The molecule has 0 N–H and O–H groups in total. The maximum absolute atomic E-state index is 12.9. The van der Waals surface area contributed by atoms with E-state index >= 15 is 0 Å². The van der Waals surface area contributed by atoms with Crippen molar-refractivity contribution in [2.75, 3.05) is 0 Å². The third-order valence-corrected chi connectivity index (χ3v) is 5.61. The number of imidazole rings is 1. The first-order valence-corrected chi connectivity index (χ1v) is 9.37. The van der Waals surface area contributed by atoms with Gasteiger partial charge in [-0.1, -0.05) is 32.0 Å². The second-order valence-electron chi connectivity index (χ2n) is 6.25. The van der Waals surface area contributed by atoms with Crippen LogP contribution in [0.25, 0.3) is 0 Å². The molecule has 0 radical (unpaired) electrons. The van der Waals surface area contributed by atoms with Gasteiger partial charge in [0.1, 0.15) is 0 Å². The Morgan fingerprint density at radius 3 is 2.65 bits per heavy atom. The summed E-state index contributed by atoms with van der Waals surface area (Å²) >= 11 is 0. The fraction of sp³-hybridized carbons (Fsp3) is 0.412. The molecule has 0 spiro atoms. The zero-order valence-corrected chi connectivity index (χ0v) is 14.0. The smallest absolute Gasteiger partial charge is 0.228 e. The van der Waals surface area contributed by atoms with E-state index in [1.165, 1.54) is 0 Å². The summed E-state index contributed by atoms with van der Waals surface area (Å²) in [4.78, 5) is 4.21. The van der Waals surface area contributed by atoms with Gasteiger partial charge < -0.3 is 4.57 Å². The second kappa shape index (κ2) is 5.82. The number of aromatic nitrogens is 2. The topological polar surface area (TPSA) is 75.8 Å². The van der Waals surface area contributed by atoms with Crippen LogP contribution in [0, 0.1) is 11.3 Å². The molecule has 0 unspecified atom stereocenters. The highest BCUT2D eigenvalue weighted by atomic mass is 32.2. The minimum Gasteiger partial charge on any atom is -0.316 e. The third-order valence-electron chi connectivity index (χ3n) is 4.06. The van der Waals surface area contributed by atoms with E-state index in [0.29, 0.717) is 11.1 Å². The molecule has 1 heterocycles. The van der Waals surface area contributed by atoms with Gasteiger partial charge in [-0.2, -0.15) is 5.26 Å². The van der Waals surface area contributed by atoms with Gasteiger partial charge in [0.2, 0.25) is 15.0 Å². The molecule has 120 valence electrons. The molecular formula is C17H19N3O2S. The summed E-state index contributed by atoms with van der Waals surface area (Å²) in [6, 6.07) is 9.10. The zero-order chi connectivity index (χ0) is 16.6. The monoisotopic (exact) mass is 329 g/mol. The van der Waals surface area contributed by atoms with Gasteiger partial charge >= 0.3 is 0 Å². The minimum atomic E-state index is -3.59. The molecule has 1 saturated carbocycles. The number of hydrogen-bond acceptors (Lipinski definition) is 4. The van der Waals surface area contributed by atoms with E-state index in [1.807, 2.05) is 18.4 Å². The molecule has 0 bridgehead atoms. The van der Waals surface area contributed by atoms with Crippen LogP contribution in [0.1, 0.15) is 55.5 Å². The predicted octanol–water partition coefficient (Wildman–Crippen LogP) is 3.19. The summed E-state index contributed by atoms with van der Waals surface area (Å²) in [7, 11) is -3.59. The summed E-state index contributed by atoms with van der Waals surface area (Å²) in [5, 5.41) is 9.29. The lowest BCUT2D eigenvalue weighted by Gasteiger charge is -2.13. The Morgan fingerprint density at radius 1 is 1.35 bits per heavy atom. The number of nitriles is 1. The van der Waals surface area contributed by atoms with Crippen molar-refractivity contribution < 1.29 is 8.42 Å². The van der Waals surface area contributed by atoms with Crippen LogP contribution in [-0.4, -0.2) is 18.0 Å². The molecule has 1 aromatic heterocycles. The van der Waals surface area contributed by atoms with Crippen molar-refractivity contribution in [2.45, 2.75) is 49.6 Å². The summed E-state index contributed by atoms with van der Waals surface area (Å²) < 4.78 is 27.6. The van der Waals surface area contributed by atoms with Crippen molar-refractivity contribution in [2.24, 2.45) is 0 Å². The lowest BCUT2D eigenvalue weighted by atomic mass is 10.1. The molecule has 0 amide bonds. The van der Waals surface area contributed by atoms with E-state index in [9.17, 15) is 8.42 Å². The Morgan fingerprint density at radius 2 is 2.04 bits per heavy atom. The molecule has 6 heteroatoms. The van der Waals surface area contributed by atoms with Crippen molar-refractivity contribution in [1.29, 1.82) is 5.26 Å². The number of rotatable bonds is 5. The molecule has 0 saturated heterocycles. The highest BCUT2D eigenvalue weighted by Gasteiger charge is 2.34. The van der Waals surface area contributed by atoms with Gasteiger partial charge in [-0.25, -0.2) is 13.4 Å². The van der Waals surface area contributed by atoms with Gasteiger partial charge in [0.05, 0.1) is 17.4 Å². The normalized spacial score (nSPS) is 14.9. The summed E-state index contributed by atoms with van der Waals surface area (Å²) in [6.07, 6.45) is 3.66. The molecule has 0 atom stereocenters. The van der Waals surface area contributed by atoms with Crippen LogP contribution in [0.15, 0.2) is 35.6 Å². The average molecular weight is 329 g/mol. The molecule has 1 aromatic carbocycles. The van der Waals surface area contributed by atoms with Gasteiger partial charge in [-0.05, 0) is 30.4 Å². The Balaban J connectivity index is 2.02. The summed E-state index contributed by atoms with van der Waals surface area (Å²) in [5.74, 6) is 0.0244. The highest BCUT2D eigenvalue weighted by molar-refractivity contribution is 7.90. The lowest BCUT2D eigenvalue weighted by Crippen LogP contribution is -2.15. The lowest BCUT2D eigenvalue weighted by molar-refractivity contribution is 0.550. The van der Waals surface area contributed by atoms with Crippen molar-refractivity contribution in [1.82, 2.24) is 9.55 Å². The zero-order valence-electron chi connectivity index (χ0n) is 13.2. The van der Waals surface area contributed by atoms with Crippen LogP contribution < -0.4 is 0 Å². The molecule has 3 rings (SSSR count). The maximum atomic E-state index is 12.9. The first-order chi connectivity index (χ1) is 10.9. The van der Waals surface area contributed by atoms with Crippen LogP contribution >= 0.6 is 0 Å². The molecule has 1 aliphatic carbocycles. The van der Waals surface area contributed by atoms with Crippen LogP contribution in [-0.2, 0) is 15.6 Å². The van der Waals surface area contributed by atoms with Gasteiger partial charge in [-0.3, -0.25) is 0 Å². The standard InChI is InChI=1S/C17H19N3O2S/c1-12(2)16-10-19-17(20(16)15-7-8-15)23(21,22)11-14-6-4-3-5-13(14)9-18/h3-6,10,12,15H,7-8,11H2,1-2H3. The fourth-order valence-electron chi connectivity index (χ4n) is 2.74. The van der Waals surface area contributed by atoms with Crippen molar-refractivity contribution in [3.63, 3.8) is 0 Å². The molecule has 2 aromatic rings. The van der Waals surface area contributed by atoms with E-state index in [1.54, 1.807) is 30.5 Å². The third kappa shape index (κ3) is 3.02. The minimum absolute atomic E-state index is 0.136. The predicted molar refractivity (Wildman–Crippen MR) is 86.6 cm³/mol. The number of hydrogen-bond donors (Lipinski definition) is 0. The van der Waals surface area contributed by atoms with Gasteiger partial charge in [0.25, 0.3) is 0 Å². The number of nitrogens with zero attached hydrogens (tertiary/aromatic N) is 3. The van der Waals surface area contributed by atoms with Gasteiger partial charge in [0, 0.05) is 17.9 Å². The number of sulfone groups is 1. The van der Waals surface area contributed by atoms with Crippen molar-refractivity contribution >= 4 is 9.84 Å². The van der Waals surface area contributed by atoms with E-state index in [-0.39, 0.29) is 22.9 Å². The average Bonchev–Trinajstić information content (AvgIpc) is 3.24.